The van der Waals surface area contributed by atoms with E-state index in [0.29, 0.717) is 0 Å². The van der Waals surface area contributed by atoms with Crippen LogP contribution in [0.1, 0.15) is 6.92 Å². The topological polar surface area (TPSA) is 45.2 Å². The predicted octanol–water partition coefficient (Wildman–Crippen LogP) is 1.87. The summed E-state index contributed by atoms with van der Waals surface area (Å²) in [6.07, 6.45) is 1.70. The van der Waals surface area contributed by atoms with Crippen LogP contribution in [0.25, 0.3) is 0 Å². The lowest BCUT2D eigenvalue weighted by atomic mass is 10.3. The van der Waals surface area contributed by atoms with Gasteiger partial charge < -0.3 is 10.2 Å². The first kappa shape index (κ1) is 12.0. The zero-order valence-corrected chi connectivity index (χ0v) is 10.6. The van der Waals surface area contributed by atoms with Gasteiger partial charge in [0.25, 0.3) is 0 Å². The lowest BCUT2D eigenvalue weighted by Crippen LogP contribution is -2.22. The zero-order chi connectivity index (χ0) is 11.4. The molecule has 4 nitrogen and oxygen atoms in total. The molecule has 0 aliphatic rings. The number of hydrogen-bond acceptors (Lipinski definition) is 3. The minimum Gasteiger partial charge on any atom is -0.361 e. The third-order valence-electron chi connectivity index (χ3n) is 1.83. The zero-order valence-electron chi connectivity index (χ0n) is 8.99. The van der Waals surface area contributed by atoms with Crippen molar-refractivity contribution in [2.24, 2.45) is 0 Å². The first-order valence-electron chi connectivity index (χ1n) is 4.59. The van der Waals surface area contributed by atoms with Crippen LogP contribution in [0, 0.1) is 0 Å². The molecule has 0 saturated carbocycles. The number of pyridine rings is 1. The highest BCUT2D eigenvalue weighted by atomic mass is 79.9. The highest BCUT2D eigenvalue weighted by Crippen LogP contribution is 2.20. The molecule has 15 heavy (non-hydrogen) atoms. The number of carbonyl (C=O) groups excluding carboxylic acids is 1. The van der Waals surface area contributed by atoms with E-state index in [1.54, 1.807) is 19.2 Å². The summed E-state index contributed by atoms with van der Waals surface area (Å²) in [6.45, 7) is 1.78. The number of aromatic nitrogens is 1. The molecular formula is C10H14BrN3O. The van der Waals surface area contributed by atoms with Crippen LogP contribution >= 0.6 is 15.9 Å². The number of hydrogen-bond donors (Lipinski definition) is 1. The standard InChI is InChI=1S/C10H14BrN3O/c1-7(11)10(15)13-8-5-4-6-12-9(8)14(2)3/h4-7H,1-3H3,(H,13,15). The van der Waals surface area contributed by atoms with Gasteiger partial charge in [0.1, 0.15) is 0 Å². The lowest BCUT2D eigenvalue weighted by Gasteiger charge is -2.16. The molecule has 0 saturated heterocycles. The van der Waals surface area contributed by atoms with Gasteiger partial charge in [0, 0.05) is 20.3 Å². The normalized spacial score (nSPS) is 12.0. The predicted molar refractivity (Wildman–Crippen MR) is 65.6 cm³/mol. The van der Waals surface area contributed by atoms with Crippen LogP contribution in [0.5, 0.6) is 0 Å². The molecule has 0 spiro atoms. The molecular weight excluding hydrogens is 258 g/mol. The number of anilines is 2. The molecule has 1 rings (SSSR count). The summed E-state index contributed by atoms with van der Waals surface area (Å²) < 4.78 is 0. The Kier molecular flexibility index (Phi) is 4.08. The van der Waals surface area contributed by atoms with E-state index in [4.69, 9.17) is 0 Å². The summed E-state index contributed by atoms with van der Waals surface area (Å²) in [5, 5.41) is 2.80. The first-order chi connectivity index (χ1) is 7.02. The van der Waals surface area contributed by atoms with E-state index in [-0.39, 0.29) is 10.7 Å². The van der Waals surface area contributed by atoms with Crippen molar-refractivity contribution in [2.75, 3.05) is 24.3 Å². The fraction of sp³-hybridized carbons (Fsp3) is 0.400. The van der Waals surface area contributed by atoms with Gasteiger partial charge in [-0.25, -0.2) is 4.98 Å². The van der Waals surface area contributed by atoms with Gasteiger partial charge in [0.05, 0.1) is 10.5 Å². The number of halogens is 1. The number of carbonyl (C=O) groups is 1. The Hall–Kier alpha value is -1.10. The molecule has 82 valence electrons. The SMILES string of the molecule is CC(Br)C(=O)Nc1cccnc1N(C)C. The molecule has 0 aromatic carbocycles. The second-order valence-electron chi connectivity index (χ2n) is 3.37. The van der Waals surface area contributed by atoms with Crippen LogP contribution in [0.15, 0.2) is 18.3 Å². The van der Waals surface area contributed by atoms with Crippen LogP contribution in [0.4, 0.5) is 11.5 Å². The van der Waals surface area contributed by atoms with Crippen molar-refractivity contribution in [1.82, 2.24) is 4.98 Å². The molecule has 0 bridgehead atoms. The van der Waals surface area contributed by atoms with E-state index in [0.717, 1.165) is 11.5 Å². The molecule has 1 amide bonds. The van der Waals surface area contributed by atoms with E-state index in [9.17, 15) is 4.79 Å². The fourth-order valence-electron chi connectivity index (χ4n) is 1.08. The number of rotatable bonds is 3. The van der Waals surface area contributed by atoms with Gasteiger partial charge >= 0.3 is 0 Å². The van der Waals surface area contributed by atoms with Gasteiger partial charge in [0.15, 0.2) is 5.82 Å². The smallest absolute Gasteiger partial charge is 0.237 e. The van der Waals surface area contributed by atoms with Gasteiger partial charge in [-0.2, -0.15) is 0 Å². The van der Waals surface area contributed by atoms with Crippen molar-refractivity contribution >= 4 is 33.3 Å². The van der Waals surface area contributed by atoms with Gasteiger partial charge in [-0.1, -0.05) is 15.9 Å². The second kappa shape index (κ2) is 5.11. The van der Waals surface area contributed by atoms with Gasteiger partial charge in [-0.15, -0.1) is 0 Å². The van der Waals surface area contributed by atoms with Gasteiger partial charge in [-0.3, -0.25) is 4.79 Å². The fourth-order valence-corrected chi connectivity index (χ4v) is 1.20. The molecule has 0 aliphatic carbocycles. The molecule has 1 aromatic heterocycles. The van der Waals surface area contributed by atoms with Crippen molar-refractivity contribution in [3.63, 3.8) is 0 Å². The number of nitrogens with one attached hydrogen (secondary N) is 1. The van der Waals surface area contributed by atoms with Crippen molar-refractivity contribution in [3.05, 3.63) is 18.3 Å². The molecule has 1 atom stereocenters. The summed E-state index contributed by atoms with van der Waals surface area (Å²) >= 11 is 3.21. The first-order valence-corrected chi connectivity index (χ1v) is 5.51. The maximum atomic E-state index is 11.5. The minimum absolute atomic E-state index is 0.0777. The summed E-state index contributed by atoms with van der Waals surface area (Å²) in [5.41, 5.74) is 0.721. The Morgan fingerprint density at radius 3 is 2.80 bits per heavy atom. The van der Waals surface area contributed by atoms with Crippen LogP contribution in [-0.2, 0) is 4.79 Å². The van der Waals surface area contributed by atoms with Crippen LogP contribution in [0.3, 0.4) is 0 Å². The highest BCUT2D eigenvalue weighted by molar-refractivity contribution is 9.10. The van der Waals surface area contributed by atoms with Gasteiger partial charge in [-0.05, 0) is 19.1 Å². The van der Waals surface area contributed by atoms with E-state index in [1.165, 1.54) is 0 Å². The van der Waals surface area contributed by atoms with Crippen LogP contribution < -0.4 is 10.2 Å². The molecule has 5 heteroatoms. The highest BCUT2D eigenvalue weighted by Gasteiger charge is 2.12. The average Bonchev–Trinajstić information content (AvgIpc) is 2.18. The Morgan fingerprint density at radius 1 is 1.60 bits per heavy atom. The van der Waals surface area contributed by atoms with Crippen molar-refractivity contribution in [2.45, 2.75) is 11.8 Å². The van der Waals surface area contributed by atoms with E-state index in [2.05, 4.69) is 26.2 Å². The van der Waals surface area contributed by atoms with Crippen molar-refractivity contribution in [1.29, 1.82) is 0 Å². The molecule has 1 heterocycles. The molecule has 0 aliphatic heterocycles. The van der Waals surface area contributed by atoms with E-state index in [1.807, 2.05) is 25.1 Å². The largest absolute Gasteiger partial charge is 0.361 e. The van der Waals surface area contributed by atoms with Crippen molar-refractivity contribution < 1.29 is 4.79 Å². The third kappa shape index (κ3) is 3.20. The third-order valence-corrected chi connectivity index (χ3v) is 2.25. The quantitative estimate of drug-likeness (QED) is 0.854. The monoisotopic (exact) mass is 271 g/mol. The molecule has 1 aromatic rings. The van der Waals surface area contributed by atoms with Crippen LogP contribution in [0.2, 0.25) is 0 Å². The van der Waals surface area contributed by atoms with E-state index < -0.39 is 0 Å². The van der Waals surface area contributed by atoms with E-state index >= 15 is 0 Å². The lowest BCUT2D eigenvalue weighted by molar-refractivity contribution is -0.115. The van der Waals surface area contributed by atoms with Crippen LogP contribution in [-0.4, -0.2) is 29.8 Å². The maximum Gasteiger partial charge on any atom is 0.237 e. The van der Waals surface area contributed by atoms with Gasteiger partial charge in [0.2, 0.25) is 5.91 Å². The summed E-state index contributed by atoms with van der Waals surface area (Å²) in [6, 6.07) is 3.62. The number of amides is 1. The van der Waals surface area contributed by atoms with Crippen molar-refractivity contribution in [3.8, 4) is 0 Å². The number of nitrogens with zero attached hydrogens (tertiary/aromatic N) is 2. The Balaban J connectivity index is 2.89. The Bertz CT molecular complexity index is 352. The molecule has 0 radical (unpaired) electrons. The average molecular weight is 272 g/mol. The summed E-state index contributed by atoms with van der Waals surface area (Å²) in [5.74, 6) is 0.671. The molecule has 1 unspecified atom stereocenters. The minimum atomic E-state index is -0.215. The summed E-state index contributed by atoms with van der Waals surface area (Å²) in [4.78, 5) is 17.3. The Morgan fingerprint density at radius 2 is 2.27 bits per heavy atom. The summed E-state index contributed by atoms with van der Waals surface area (Å²) in [7, 11) is 3.77. The molecule has 0 fully saturated rings. The maximum absolute atomic E-state index is 11.5. The number of alkyl halides is 1. The second-order valence-corrected chi connectivity index (χ2v) is 4.75. The molecule has 1 N–H and O–H groups in total. The Labute approximate surface area is 97.8 Å².